The largest absolute Gasteiger partial charge is 0.377 e. The van der Waals surface area contributed by atoms with Crippen LogP contribution in [0.4, 0.5) is 26.2 Å². The van der Waals surface area contributed by atoms with Crippen molar-refractivity contribution in [2.24, 2.45) is 0 Å². The van der Waals surface area contributed by atoms with Crippen molar-refractivity contribution in [3.8, 4) is 0 Å². The number of rotatable bonds is 6. The number of carbonyl (C=O) groups is 2. The molecule has 0 aliphatic heterocycles. The summed E-state index contributed by atoms with van der Waals surface area (Å²) in [6.45, 7) is 2.12. The Balaban J connectivity index is 1.72. The van der Waals surface area contributed by atoms with Crippen molar-refractivity contribution in [3.63, 3.8) is 0 Å². The van der Waals surface area contributed by atoms with Gasteiger partial charge in [-0.25, -0.2) is 9.18 Å². The minimum atomic E-state index is -0.458. The first-order valence-corrected chi connectivity index (χ1v) is 10.3. The Bertz CT molecular complexity index is 1130. The maximum atomic E-state index is 13.1. The predicted molar refractivity (Wildman–Crippen MR) is 127 cm³/mol. The lowest BCUT2D eigenvalue weighted by Crippen LogP contribution is -2.26. The number of hydrogen-bond donors (Lipinski definition) is 3. The average molecular weight is 455 g/mol. The monoisotopic (exact) mass is 454 g/mol. The highest BCUT2D eigenvalue weighted by Crippen LogP contribution is 2.24. The van der Waals surface area contributed by atoms with Crippen molar-refractivity contribution in [1.82, 2.24) is 5.32 Å². The summed E-state index contributed by atoms with van der Waals surface area (Å²) in [6.07, 6.45) is 0. The smallest absolute Gasteiger partial charge is 0.323 e. The molecule has 0 aliphatic carbocycles. The van der Waals surface area contributed by atoms with E-state index in [0.717, 1.165) is 11.1 Å². The molecule has 3 N–H and O–H groups in total. The summed E-state index contributed by atoms with van der Waals surface area (Å²) in [7, 11) is 3.65. The van der Waals surface area contributed by atoms with Crippen molar-refractivity contribution < 1.29 is 14.0 Å². The molecule has 3 aromatic carbocycles. The topological polar surface area (TPSA) is 73.5 Å². The Morgan fingerprint density at radius 2 is 1.56 bits per heavy atom. The van der Waals surface area contributed by atoms with Gasteiger partial charge in [0.15, 0.2) is 0 Å². The molecule has 0 aromatic heterocycles. The van der Waals surface area contributed by atoms with Gasteiger partial charge in [-0.3, -0.25) is 4.79 Å². The third-order valence-electron chi connectivity index (χ3n) is 4.78. The molecule has 0 unspecified atom stereocenters. The van der Waals surface area contributed by atoms with Gasteiger partial charge in [0.2, 0.25) is 0 Å². The lowest BCUT2D eigenvalue weighted by Gasteiger charge is -2.19. The second-order valence-electron chi connectivity index (χ2n) is 7.48. The molecule has 0 atom stereocenters. The molecule has 0 aliphatic rings. The van der Waals surface area contributed by atoms with Gasteiger partial charge in [0.1, 0.15) is 5.82 Å². The molecule has 3 amide bonds. The molecule has 0 saturated carbocycles. The van der Waals surface area contributed by atoms with Crippen LogP contribution in [0.15, 0.2) is 60.7 Å². The van der Waals surface area contributed by atoms with E-state index >= 15 is 0 Å². The molecule has 0 bridgehead atoms. The van der Waals surface area contributed by atoms with Gasteiger partial charge in [0.05, 0.1) is 5.56 Å². The average Bonchev–Trinajstić information content (AvgIpc) is 2.75. The van der Waals surface area contributed by atoms with Crippen LogP contribution in [0.2, 0.25) is 5.02 Å². The van der Waals surface area contributed by atoms with Crippen molar-refractivity contribution in [2.75, 3.05) is 29.6 Å². The van der Waals surface area contributed by atoms with Crippen molar-refractivity contribution in [1.29, 1.82) is 0 Å². The van der Waals surface area contributed by atoms with Crippen LogP contribution in [0.5, 0.6) is 0 Å². The van der Waals surface area contributed by atoms with Crippen LogP contribution in [0, 0.1) is 12.7 Å². The first-order valence-electron chi connectivity index (χ1n) is 9.91. The second-order valence-corrected chi connectivity index (χ2v) is 7.89. The number of aryl methyl sites for hydroxylation is 1. The molecule has 8 heteroatoms. The second kappa shape index (κ2) is 10.2. The van der Waals surface area contributed by atoms with Gasteiger partial charge in [-0.1, -0.05) is 29.8 Å². The lowest BCUT2D eigenvalue weighted by atomic mass is 10.1. The Hall–Kier alpha value is -3.58. The molecule has 0 fully saturated rings. The molecule has 3 aromatic rings. The van der Waals surface area contributed by atoms with E-state index < -0.39 is 6.03 Å². The Labute approximate surface area is 191 Å². The van der Waals surface area contributed by atoms with Crippen molar-refractivity contribution >= 4 is 40.6 Å². The van der Waals surface area contributed by atoms with E-state index in [9.17, 15) is 14.0 Å². The van der Waals surface area contributed by atoms with Gasteiger partial charge in [-0.05, 0) is 60.5 Å². The Morgan fingerprint density at radius 3 is 2.19 bits per heavy atom. The summed E-state index contributed by atoms with van der Waals surface area (Å²) < 4.78 is 13.1. The van der Waals surface area contributed by atoms with E-state index in [4.69, 9.17) is 11.6 Å². The number of halogens is 2. The van der Waals surface area contributed by atoms with Crippen LogP contribution < -0.4 is 20.9 Å². The van der Waals surface area contributed by atoms with Crippen LogP contribution in [0.3, 0.4) is 0 Å². The van der Waals surface area contributed by atoms with Crippen LogP contribution in [-0.2, 0) is 6.54 Å². The van der Waals surface area contributed by atoms with E-state index in [0.29, 0.717) is 27.6 Å². The zero-order valence-corrected chi connectivity index (χ0v) is 18.8. The highest BCUT2D eigenvalue weighted by atomic mass is 35.5. The quantitative estimate of drug-likeness (QED) is 0.465. The summed E-state index contributed by atoms with van der Waals surface area (Å²) in [5.74, 6) is -0.646. The molecule has 0 spiro atoms. The predicted octanol–water partition coefficient (Wildman–Crippen LogP) is 5.43. The number of carbonyl (C=O) groups excluding carboxylic acids is 2. The number of amides is 3. The SMILES string of the molecule is Cc1ccc(NC(=O)Nc2ccc(N(C)C)c(C(=O)NCc3ccc(F)cc3)c2)cc1Cl. The molecular weight excluding hydrogens is 431 g/mol. The maximum absolute atomic E-state index is 13.1. The highest BCUT2D eigenvalue weighted by molar-refractivity contribution is 6.31. The Morgan fingerprint density at radius 1 is 0.938 bits per heavy atom. The number of urea groups is 1. The maximum Gasteiger partial charge on any atom is 0.323 e. The van der Waals surface area contributed by atoms with E-state index in [1.807, 2.05) is 32.0 Å². The molecule has 6 nitrogen and oxygen atoms in total. The van der Waals surface area contributed by atoms with E-state index in [1.54, 1.807) is 42.5 Å². The lowest BCUT2D eigenvalue weighted by molar-refractivity contribution is 0.0951. The molecular formula is C24H24ClFN4O2. The van der Waals surface area contributed by atoms with Gasteiger partial charge in [-0.2, -0.15) is 0 Å². The third kappa shape index (κ3) is 5.98. The van der Waals surface area contributed by atoms with E-state index in [1.165, 1.54) is 12.1 Å². The fourth-order valence-corrected chi connectivity index (χ4v) is 3.21. The first-order chi connectivity index (χ1) is 15.2. The van der Waals surface area contributed by atoms with Crippen LogP contribution in [-0.4, -0.2) is 26.0 Å². The summed E-state index contributed by atoms with van der Waals surface area (Å²) in [4.78, 5) is 27.1. The van der Waals surface area contributed by atoms with Gasteiger partial charge in [0, 0.05) is 42.7 Å². The molecule has 0 radical (unpaired) electrons. The fourth-order valence-electron chi connectivity index (χ4n) is 3.03. The van der Waals surface area contributed by atoms with Gasteiger partial charge in [0.25, 0.3) is 5.91 Å². The summed E-state index contributed by atoms with van der Waals surface area (Å²) in [5, 5.41) is 8.84. The van der Waals surface area contributed by atoms with Crippen molar-refractivity contribution in [2.45, 2.75) is 13.5 Å². The fraction of sp³-hybridized carbons (Fsp3) is 0.167. The number of nitrogens with one attached hydrogen (secondary N) is 3. The van der Waals surface area contributed by atoms with Gasteiger partial charge >= 0.3 is 6.03 Å². The number of benzene rings is 3. The first kappa shape index (κ1) is 23.1. The molecule has 166 valence electrons. The van der Waals surface area contributed by atoms with Crippen LogP contribution in [0.25, 0.3) is 0 Å². The van der Waals surface area contributed by atoms with E-state index in [-0.39, 0.29) is 18.3 Å². The Kier molecular flexibility index (Phi) is 7.33. The standard InChI is InChI=1S/C24H24ClFN4O2/c1-15-4-9-19(13-21(15)25)29-24(32)28-18-10-11-22(30(2)3)20(12-18)23(31)27-14-16-5-7-17(26)8-6-16/h4-13H,14H2,1-3H3,(H,27,31)(H2,28,29,32). The summed E-state index contributed by atoms with van der Waals surface area (Å²) >= 11 is 6.10. The third-order valence-corrected chi connectivity index (χ3v) is 5.18. The normalized spacial score (nSPS) is 10.4. The van der Waals surface area contributed by atoms with Crippen molar-refractivity contribution in [3.05, 3.63) is 88.2 Å². The minimum absolute atomic E-state index is 0.248. The summed E-state index contributed by atoms with van der Waals surface area (Å²) in [5.41, 5.74) is 3.79. The van der Waals surface area contributed by atoms with Gasteiger partial charge < -0.3 is 20.9 Å². The number of anilines is 3. The zero-order valence-electron chi connectivity index (χ0n) is 18.0. The van der Waals surface area contributed by atoms with Gasteiger partial charge in [-0.15, -0.1) is 0 Å². The molecule has 0 saturated heterocycles. The summed E-state index contributed by atoms with van der Waals surface area (Å²) in [6, 6.07) is 15.8. The minimum Gasteiger partial charge on any atom is -0.377 e. The van der Waals surface area contributed by atoms with Crippen LogP contribution in [0.1, 0.15) is 21.5 Å². The molecule has 3 rings (SSSR count). The van der Waals surface area contributed by atoms with E-state index in [2.05, 4.69) is 16.0 Å². The van der Waals surface area contributed by atoms with Crippen LogP contribution >= 0.6 is 11.6 Å². The molecule has 0 heterocycles. The number of nitrogens with zero attached hydrogens (tertiary/aromatic N) is 1. The molecule has 32 heavy (non-hydrogen) atoms. The zero-order chi connectivity index (χ0) is 23.3. The highest BCUT2D eigenvalue weighted by Gasteiger charge is 2.15. The number of hydrogen-bond acceptors (Lipinski definition) is 3.